The van der Waals surface area contributed by atoms with Gasteiger partial charge in [0.2, 0.25) is 0 Å². The average molecular weight is 361 g/mol. The van der Waals surface area contributed by atoms with Crippen LogP contribution in [0.3, 0.4) is 0 Å². The summed E-state index contributed by atoms with van der Waals surface area (Å²) in [4.78, 5) is 0. The van der Waals surface area contributed by atoms with Gasteiger partial charge >= 0.3 is 25.3 Å². The SMILES string of the molecule is CCCCCCC(C)O[P+](=O)OC(C)CCCCCC.[Fe+3]. The summed E-state index contributed by atoms with van der Waals surface area (Å²) in [6.07, 6.45) is 11.8. The van der Waals surface area contributed by atoms with Crippen LogP contribution in [0.5, 0.6) is 0 Å². The van der Waals surface area contributed by atoms with Gasteiger partial charge in [0.05, 0.1) is 0 Å². The van der Waals surface area contributed by atoms with E-state index in [9.17, 15) is 4.57 Å². The summed E-state index contributed by atoms with van der Waals surface area (Å²) < 4.78 is 22.6. The fraction of sp³-hybridized carbons (Fsp3) is 1.00. The molecule has 2 atom stereocenters. The van der Waals surface area contributed by atoms with Crippen LogP contribution in [0.25, 0.3) is 0 Å². The molecule has 0 saturated carbocycles. The first kappa shape index (κ1) is 23.8. The van der Waals surface area contributed by atoms with Gasteiger partial charge in [-0.1, -0.05) is 65.2 Å². The van der Waals surface area contributed by atoms with Crippen molar-refractivity contribution in [3.63, 3.8) is 0 Å². The van der Waals surface area contributed by atoms with Crippen molar-refractivity contribution in [3.8, 4) is 0 Å². The van der Waals surface area contributed by atoms with Gasteiger partial charge < -0.3 is 0 Å². The zero-order chi connectivity index (χ0) is 15.2. The van der Waals surface area contributed by atoms with Crippen LogP contribution in [-0.2, 0) is 30.7 Å². The first-order chi connectivity index (χ1) is 9.60. The Labute approximate surface area is 143 Å². The Morgan fingerprint density at radius 1 is 0.762 bits per heavy atom. The molecule has 0 heterocycles. The van der Waals surface area contributed by atoms with Gasteiger partial charge in [-0.3, -0.25) is 0 Å². The Balaban J connectivity index is 0. The molecule has 0 saturated heterocycles. The molecule has 0 amide bonds. The van der Waals surface area contributed by atoms with Crippen LogP contribution in [0.4, 0.5) is 0 Å². The standard InChI is InChI=1S/C16H34O3P.Fe/c1-5-7-9-11-13-15(3)18-20(17)19-16(4)14-12-10-8-6-2;/h15-16H,5-14H2,1-4H3;/q+1;+3. The van der Waals surface area contributed by atoms with Crippen LogP contribution in [0.2, 0.25) is 0 Å². The van der Waals surface area contributed by atoms with E-state index in [-0.39, 0.29) is 29.3 Å². The van der Waals surface area contributed by atoms with Crippen molar-refractivity contribution < 1.29 is 30.7 Å². The summed E-state index contributed by atoms with van der Waals surface area (Å²) in [6.45, 7) is 8.36. The van der Waals surface area contributed by atoms with Crippen molar-refractivity contribution in [2.45, 2.75) is 104 Å². The molecule has 2 unspecified atom stereocenters. The first-order valence-corrected chi connectivity index (χ1v) is 9.50. The Morgan fingerprint density at radius 2 is 1.14 bits per heavy atom. The Bertz CT molecular complexity index is 218. The van der Waals surface area contributed by atoms with E-state index < -0.39 is 8.25 Å². The zero-order valence-corrected chi connectivity index (χ0v) is 16.2. The van der Waals surface area contributed by atoms with Gasteiger partial charge in [-0.25, -0.2) is 0 Å². The second-order valence-electron chi connectivity index (χ2n) is 5.75. The largest absolute Gasteiger partial charge is 3.00 e. The van der Waals surface area contributed by atoms with Gasteiger partial charge in [0.1, 0.15) is 12.2 Å². The number of hydrogen-bond donors (Lipinski definition) is 0. The van der Waals surface area contributed by atoms with Crippen LogP contribution in [0.15, 0.2) is 0 Å². The van der Waals surface area contributed by atoms with Crippen LogP contribution >= 0.6 is 8.25 Å². The van der Waals surface area contributed by atoms with Crippen molar-refractivity contribution in [2.75, 3.05) is 0 Å². The third kappa shape index (κ3) is 16.7. The summed E-state index contributed by atoms with van der Waals surface area (Å²) in [6, 6.07) is 0. The van der Waals surface area contributed by atoms with E-state index in [1.807, 2.05) is 13.8 Å². The maximum Gasteiger partial charge on any atom is 3.00 e. The fourth-order valence-electron chi connectivity index (χ4n) is 2.14. The van der Waals surface area contributed by atoms with Crippen LogP contribution in [-0.4, -0.2) is 12.2 Å². The Hall–Kier alpha value is 0.539. The Kier molecular flexibility index (Phi) is 19.2. The molecule has 0 spiro atoms. The molecule has 0 aliphatic heterocycles. The summed E-state index contributed by atoms with van der Waals surface area (Å²) in [5.41, 5.74) is 0. The summed E-state index contributed by atoms with van der Waals surface area (Å²) in [7, 11) is -1.96. The molecule has 0 bridgehead atoms. The van der Waals surface area contributed by atoms with E-state index in [2.05, 4.69) is 13.8 Å². The molecular formula is C16H34FeO3P+4. The van der Waals surface area contributed by atoms with Gasteiger partial charge in [0, 0.05) is 4.57 Å². The summed E-state index contributed by atoms with van der Waals surface area (Å²) in [5, 5.41) is 0. The maximum atomic E-state index is 11.7. The molecule has 0 aliphatic rings. The molecule has 0 fully saturated rings. The molecule has 3 nitrogen and oxygen atoms in total. The molecule has 0 aromatic heterocycles. The van der Waals surface area contributed by atoms with E-state index in [0.29, 0.717) is 0 Å². The van der Waals surface area contributed by atoms with Crippen LogP contribution < -0.4 is 0 Å². The minimum Gasteiger partial charge on any atom is -0.116 e. The van der Waals surface area contributed by atoms with E-state index >= 15 is 0 Å². The molecule has 21 heavy (non-hydrogen) atoms. The average Bonchev–Trinajstić information content (AvgIpc) is 2.39. The summed E-state index contributed by atoms with van der Waals surface area (Å²) in [5.74, 6) is 0. The van der Waals surface area contributed by atoms with E-state index in [0.717, 1.165) is 25.7 Å². The second kappa shape index (κ2) is 16.9. The van der Waals surface area contributed by atoms with Gasteiger partial charge in [-0.15, -0.1) is 9.05 Å². The molecule has 5 heteroatoms. The minimum atomic E-state index is -1.96. The quantitative estimate of drug-likeness (QED) is 0.204. The molecular weight excluding hydrogens is 327 g/mol. The second-order valence-corrected chi connectivity index (χ2v) is 6.62. The topological polar surface area (TPSA) is 35.5 Å². The third-order valence-electron chi connectivity index (χ3n) is 3.46. The van der Waals surface area contributed by atoms with Crippen molar-refractivity contribution in [1.29, 1.82) is 0 Å². The van der Waals surface area contributed by atoms with Gasteiger partial charge in [0.25, 0.3) is 0 Å². The maximum absolute atomic E-state index is 11.7. The monoisotopic (exact) mass is 361 g/mol. The zero-order valence-electron chi connectivity index (χ0n) is 14.3. The molecule has 125 valence electrons. The van der Waals surface area contributed by atoms with Gasteiger partial charge in [-0.2, -0.15) is 0 Å². The molecule has 0 N–H and O–H groups in total. The molecule has 0 rings (SSSR count). The van der Waals surface area contributed by atoms with E-state index in [1.165, 1.54) is 38.5 Å². The van der Waals surface area contributed by atoms with Crippen molar-refractivity contribution >= 4 is 8.25 Å². The predicted octanol–water partition coefficient (Wildman–Crippen LogP) is 6.39. The minimum absolute atomic E-state index is 0. The molecule has 0 aromatic carbocycles. The van der Waals surface area contributed by atoms with Crippen molar-refractivity contribution in [1.82, 2.24) is 0 Å². The Morgan fingerprint density at radius 3 is 1.48 bits per heavy atom. The number of hydrogen-bond acceptors (Lipinski definition) is 3. The molecule has 1 radical (unpaired) electrons. The predicted molar refractivity (Wildman–Crippen MR) is 86.2 cm³/mol. The van der Waals surface area contributed by atoms with Crippen molar-refractivity contribution in [3.05, 3.63) is 0 Å². The van der Waals surface area contributed by atoms with Crippen molar-refractivity contribution in [2.24, 2.45) is 0 Å². The fourth-order valence-corrected chi connectivity index (χ4v) is 2.99. The van der Waals surface area contributed by atoms with Crippen LogP contribution in [0.1, 0.15) is 91.9 Å². The van der Waals surface area contributed by atoms with E-state index in [1.54, 1.807) is 0 Å². The summed E-state index contributed by atoms with van der Waals surface area (Å²) >= 11 is 0. The van der Waals surface area contributed by atoms with E-state index in [4.69, 9.17) is 9.05 Å². The molecule has 0 aromatic rings. The third-order valence-corrected chi connectivity index (χ3v) is 4.52. The number of unbranched alkanes of at least 4 members (excludes halogenated alkanes) is 6. The molecule has 0 aliphatic carbocycles. The smallest absolute Gasteiger partial charge is 0.116 e. The first-order valence-electron chi connectivity index (χ1n) is 8.40. The van der Waals surface area contributed by atoms with Gasteiger partial charge in [-0.05, 0) is 26.7 Å². The van der Waals surface area contributed by atoms with Crippen LogP contribution in [0, 0.1) is 0 Å². The normalized spacial score (nSPS) is 14.4. The van der Waals surface area contributed by atoms with Gasteiger partial charge in [0.15, 0.2) is 0 Å². The number of rotatable bonds is 14.